The smallest absolute Gasteiger partial charge is 0.000824 e. The zero-order valence-corrected chi connectivity index (χ0v) is 11.1. The molecule has 2 rings (SSSR count). The van der Waals surface area contributed by atoms with E-state index < -0.39 is 0 Å². The minimum absolute atomic E-state index is 0. The second kappa shape index (κ2) is 8.51. The van der Waals surface area contributed by atoms with Gasteiger partial charge in [0.1, 0.15) is 0 Å². The van der Waals surface area contributed by atoms with E-state index in [2.05, 4.69) is 41.0 Å². The molecule has 96 valence electrons. The largest absolute Gasteiger partial charge is 0.317 e. The van der Waals surface area contributed by atoms with Gasteiger partial charge >= 0.3 is 0 Å². The normalized spacial score (nSPS) is 16.5. The van der Waals surface area contributed by atoms with Crippen LogP contribution in [0.4, 0.5) is 0 Å². The van der Waals surface area contributed by atoms with E-state index in [1.54, 1.807) is 0 Å². The molecule has 1 aromatic carbocycles. The molecule has 1 saturated heterocycles. The molecule has 2 N–H and O–H groups in total. The van der Waals surface area contributed by atoms with Crippen molar-refractivity contribution in [3.63, 3.8) is 0 Å². The molecule has 0 bridgehead atoms. The lowest BCUT2D eigenvalue weighted by Gasteiger charge is -2.22. The highest BCUT2D eigenvalue weighted by molar-refractivity contribution is 5.85. The first-order valence-corrected chi connectivity index (χ1v) is 6.40. The van der Waals surface area contributed by atoms with Crippen molar-refractivity contribution < 1.29 is 0 Å². The standard InChI is InChI=1S/C14H22N2.ClH/c1-2-4-13(5-3-1)6-11-16-12-14-7-9-15-10-8-14;/h1-5,14-16H,6-12H2;1H. The van der Waals surface area contributed by atoms with Gasteiger partial charge in [-0.15, -0.1) is 12.4 Å². The molecule has 1 aliphatic heterocycles. The van der Waals surface area contributed by atoms with E-state index in [9.17, 15) is 0 Å². The highest BCUT2D eigenvalue weighted by Gasteiger charge is 2.11. The van der Waals surface area contributed by atoms with Gasteiger partial charge in [0.25, 0.3) is 0 Å². The molecule has 1 aromatic rings. The van der Waals surface area contributed by atoms with Crippen molar-refractivity contribution >= 4 is 12.4 Å². The van der Waals surface area contributed by atoms with Gasteiger partial charge in [-0.1, -0.05) is 30.3 Å². The van der Waals surface area contributed by atoms with Crippen LogP contribution in [0.1, 0.15) is 18.4 Å². The summed E-state index contributed by atoms with van der Waals surface area (Å²) in [4.78, 5) is 0. The molecule has 17 heavy (non-hydrogen) atoms. The van der Waals surface area contributed by atoms with Crippen LogP contribution in [0.15, 0.2) is 30.3 Å². The Kier molecular flexibility index (Phi) is 7.25. The van der Waals surface area contributed by atoms with Gasteiger partial charge in [0.05, 0.1) is 0 Å². The van der Waals surface area contributed by atoms with Crippen molar-refractivity contribution in [1.82, 2.24) is 10.6 Å². The highest BCUT2D eigenvalue weighted by atomic mass is 35.5. The topological polar surface area (TPSA) is 24.1 Å². The fourth-order valence-electron chi connectivity index (χ4n) is 2.27. The number of benzene rings is 1. The Balaban J connectivity index is 0.00000144. The number of hydrogen-bond donors (Lipinski definition) is 2. The molecular formula is C14H23ClN2. The number of hydrogen-bond acceptors (Lipinski definition) is 2. The molecule has 0 saturated carbocycles. The summed E-state index contributed by atoms with van der Waals surface area (Å²) in [5, 5.41) is 6.98. The zero-order chi connectivity index (χ0) is 11.1. The quantitative estimate of drug-likeness (QED) is 0.788. The fourth-order valence-corrected chi connectivity index (χ4v) is 2.27. The van der Waals surface area contributed by atoms with Gasteiger partial charge in [0, 0.05) is 0 Å². The molecule has 2 nitrogen and oxygen atoms in total. The van der Waals surface area contributed by atoms with E-state index in [-0.39, 0.29) is 12.4 Å². The molecular weight excluding hydrogens is 232 g/mol. The SMILES string of the molecule is Cl.c1ccc(CCNCC2CCNCC2)cc1. The second-order valence-electron chi connectivity index (χ2n) is 4.63. The molecule has 3 heteroatoms. The Morgan fingerprint density at radius 2 is 1.82 bits per heavy atom. The number of nitrogens with one attached hydrogen (secondary N) is 2. The maximum Gasteiger partial charge on any atom is -0.000824 e. The van der Waals surface area contributed by atoms with Gasteiger partial charge in [-0.25, -0.2) is 0 Å². The molecule has 1 heterocycles. The monoisotopic (exact) mass is 254 g/mol. The maximum absolute atomic E-state index is 3.58. The molecule has 0 radical (unpaired) electrons. The lowest BCUT2D eigenvalue weighted by atomic mass is 9.98. The van der Waals surface area contributed by atoms with Gasteiger partial charge in [-0.2, -0.15) is 0 Å². The average molecular weight is 255 g/mol. The van der Waals surface area contributed by atoms with Crippen LogP contribution in [0.2, 0.25) is 0 Å². The fraction of sp³-hybridized carbons (Fsp3) is 0.571. The Morgan fingerprint density at radius 3 is 2.53 bits per heavy atom. The predicted molar refractivity (Wildman–Crippen MR) is 75.9 cm³/mol. The van der Waals surface area contributed by atoms with E-state index in [0.717, 1.165) is 18.9 Å². The molecule has 0 atom stereocenters. The molecule has 0 aromatic heterocycles. The summed E-state index contributed by atoms with van der Waals surface area (Å²) >= 11 is 0. The first-order chi connectivity index (χ1) is 7.95. The Morgan fingerprint density at radius 1 is 1.12 bits per heavy atom. The molecule has 0 spiro atoms. The number of rotatable bonds is 5. The van der Waals surface area contributed by atoms with Gasteiger partial charge in [0.15, 0.2) is 0 Å². The van der Waals surface area contributed by atoms with Gasteiger partial charge in [-0.05, 0) is 56.9 Å². The van der Waals surface area contributed by atoms with Crippen molar-refractivity contribution in [3.8, 4) is 0 Å². The molecule has 0 aliphatic carbocycles. The van der Waals surface area contributed by atoms with Crippen molar-refractivity contribution in [1.29, 1.82) is 0 Å². The Labute approximate surface area is 111 Å². The van der Waals surface area contributed by atoms with Crippen molar-refractivity contribution in [2.24, 2.45) is 5.92 Å². The highest BCUT2D eigenvalue weighted by Crippen LogP contribution is 2.09. The second-order valence-corrected chi connectivity index (χ2v) is 4.63. The summed E-state index contributed by atoms with van der Waals surface area (Å²) in [6, 6.07) is 10.7. The minimum Gasteiger partial charge on any atom is -0.317 e. The number of piperidine rings is 1. The molecule has 1 fully saturated rings. The summed E-state index contributed by atoms with van der Waals surface area (Å²) in [6.45, 7) is 4.69. The summed E-state index contributed by atoms with van der Waals surface area (Å²) < 4.78 is 0. The van der Waals surface area contributed by atoms with Crippen LogP contribution in [0.5, 0.6) is 0 Å². The van der Waals surface area contributed by atoms with Crippen molar-refractivity contribution in [2.45, 2.75) is 19.3 Å². The van der Waals surface area contributed by atoms with E-state index >= 15 is 0 Å². The summed E-state index contributed by atoms with van der Waals surface area (Å²) in [5.74, 6) is 0.886. The van der Waals surface area contributed by atoms with Crippen LogP contribution in [0, 0.1) is 5.92 Å². The van der Waals surface area contributed by atoms with Crippen LogP contribution in [0.3, 0.4) is 0 Å². The molecule has 0 amide bonds. The summed E-state index contributed by atoms with van der Waals surface area (Å²) in [6.07, 6.45) is 3.81. The van der Waals surface area contributed by atoms with Crippen LogP contribution in [-0.4, -0.2) is 26.2 Å². The average Bonchev–Trinajstić information content (AvgIpc) is 2.37. The first-order valence-electron chi connectivity index (χ1n) is 6.40. The van der Waals surface area contributed by atoms with Crippen LogP contribution in [-0.2, 0) is 6.42 Å². The van der Waals surface area contributed by atoms with Gasteiger partial charge in [-0.3, -0.25) is 0 Å². The minimum atomic E-state index is 0. The third-order valence-electron chi connectivity index (χ3n) is 3.33. The van der Waals surface area contributed by atoms with Gasteiger partial charge < -0.3 is 10.6 Å². The van der Waals surface area contributed by atoms with E-state index in [4.69, 9.17) is 0 Å². The summed E-state index contributed by atoms with van der Waals surface area (Å²) in [5.41, 5.74) is 1.43. The van der Waals surface area contributed by atoms with E-state index in [1.807, 2.05) is 0 Å². The predicted octanol–water partition coefficient (Wildman–Crippen LogP) is 2.24. The number of halogens is 1. The van der Waals surface area contributed by atoms with Crippen LogP contribution < -0.4 is 10.6 Å². The summed E-state index contributed by atoms with van der Waals surface area (Å²) in [7, 11) is 0. The maximum atomic E-state index is 3.58. The van der Waals surface area contributed by atoms with Crippen molar-refractivity contribution in [3.05, 3.63) is 35.9 Å². The van der Waals surface area contributed by atoms with Crippen LogP contribution in [0.25, 0.3) is 0 Å². The Bertz CT molecular complexity index is 284. The molecule has 1 aliphatic rings. The third-order valence-corrected chi connectivity index (χ3v) is 3.33. The Hall–Kier alpha value is -0.570. The zero-order valence-electron chi connectivity index (χ0n) is 10.3. The lowest BCUT2D eigenvalue weighted by molar-refractivity contribution is 0.358. The lowest BCUT2D eigenvalue weighted by Crippen LogP contribution is -2.34. The third kappa shape index (κ3) is 5.53. The van der Waals surface area contributed by atoms with E-state index in [1.165, 1.54) is 38.0 Å². The van der Waals surface area contributed by atoms with Crippen molar-refractivity contribution in [2.75, 3.05) is 26.2 Å². The van der Waals surface area contributed by atoms with Crippen LogP contribution >= 0.6 is 12.4 Å². The van der Waals surface area contributed by atoms with Gasteiger partial charge in [0.2, 0.25) is 0 Å². The van der Waals surface area contributed by atoms with E-state index in [0.29, 0.717) is 0 Å². The molecule has 0 unspecified atom stereocenters. The first kappa shape index (κ1) is 14.5.